The fraction of sp³-hybridized carbons (Fsp3) is 0. The number of carbonyl (C=O) groups is 1. The molecule has 130 valence electrons. The highest BCUT2D eigenvalue weighted by Gasteiger charge is 2.20. The van der Waals surface area contributed by atoms with E-state index in [9.17, 15) is 18.1 Å². The molecule has 1 atom stereocenters. The molecular weight excluding hydrogens is 410 g/mol. The Morgan fingerprint density at radius 1 is 1.16 bits per heavy atom. The third-order valence-electron chi connectivity index (χ3n) is 2.99. The van der Waals surface area contributed by atoms with E-state index in [1.807, 2.05) is 0 Å². The Balaban J connectivity index is 1.74. The number of rotatable bonds is 5. The van der Waals surface area contributed by atoms with Gasteiger partial charge in [0.05, 0.1) is 9.34 Å². The van der Waals surface area contributed by atoms with Crippen LogP contribution in [0, 0.1) is 11.6 Å². The second-order valence-corrected chi connectivity index (χ2v) is 8.51. The molecule has 0 aliphatic rings. The molecule has 0 bridgehead atoms. The molecule has 3 aromatic rings. The molecule has 2 aromatic heterocycles. The molecular formula is C15H9ClF2N2O2S3. The van der Waals surface area contributed by atoms with Gasteiger partial charge in [0.15, 0.2) is 16.5 Å². The molecule has 10 heteroatoms. The normalized spacial score (nSPS) is 12.0. The van der Waals surface area contributed by atoms with E-state index in [0.29, 0.717) is 19.9 Å². The average Bonchev–Trinajstić information content (AvgIpc) is 3.19. The number of thiophene rings is 2. The zero-order valence-electron chi connectivity index (χ0n) is 12.2. The van der Waals surface area contributed by atoms with E-state index in [-0.39, 0.29) is 4.90 Å². The van der Waals surface area contributed by atoms with Crippen LogP contribution >= 0.6 is 34.3 Å². The molecule has 0 spiro atoms. The molecule has 2 N–H and O–H groups in total. The van der Waals surface area contributed by atoms with Crippen LogP contribution in [0.1, 0.15) is 9.67 Å². The van der Waals surface area contributed by atoms with Gasteiger partial charge in [-0.2, -0.15) is 0 Å². The van der Waals surface area contributed by atoms with E-state index in [1.54, 1.807) is 23.6 Å². The molecule has 1 amide bonds. The Kier molecular flexibility index (Phi) is 5.60. The summed E-state index contributed by atoms with van der Waals surface area (Å²) in [6, 6.07) is 7.86. The maximum atomic E-state index is 13.3. The summed E-state index contributed by atoms with van der Waals surface area (Å²) in [6.07, 6.45) is 0. The number of nitrogens with one attached hydrogen (secondary N) is 2. The molecule has 0 saturated heterocycles. The van der Waals surface area contributed by atoms with Gasteiger partial charge in [0.1, 0.15) is 21.9 Å². The molecule has 0 saturated carbocycles. The Bertz CT molecular complexity index is 916. The lowest BCUT2D eigenvalue weighted by atomic mass is 10.3. The van der Waals surface area contributed by atoms with E-state index >= 15 is 0 Å². The molecule has 0 aliphatic carbocycles. The van der Waals surface area contributed by atoms with Crippen molar-refractivity contribution in [2.24, 2.45) is 0 Å². The minimum atomic E-state index is -1.85. The third-order valence-corrected chi connectivity index (χ3v) is 6.14. The van der Waals surface area contributed by atoms with Crippen molar-refractivity contribution in [3.8, 4) is 0 Å². The molecule has 2 heterocycles. The van der Waals surface area contributed by atoms with Gasteiger partial charge >= 0.3 is 0 Å². The number of hydrogen-bond donors (Lipinski definition) is 2. The molecule has 0 fully saturated rings. The smallest absolute Gasteiger partial charge is 0.268 e. The van der Waals surface area contributed by atoms with Crippen molar-refractivity contribution < 1.29 is 18.1 Å². The number of anilines is 2. The summed E-state index contributed by atoms with van der Waals surface area (Å²) in [5.74, 6) is -2.50. The minimum absolute atomic E-state index is 0.0569. The highest BCUT2D eigenvalue weighted by atomic mass is 35.5. The molecule has 0 radical (unpaired) electrons. The maximum absolute atomic E-state index is 13.3. The van der Waals surface area contributed by atoms with Crippen molar-refractivity contribution in [3.05, 3.63) is 62.6 Å². The Hall–Kier alpha value is -1.65. The van der Waals surface area contributed by atoms with Gasteiger partial charge in [-0.3, -0.25) is 4.79 Å². The summed E-state index contributed by atoms with van der Waals surface area (Å²) in [5, 5.41) is 4.93. The number of hydrogen-bond acceptors (Lipinski definition) is 5. The van der Waals surface area contributed by atoms with Crippen LogP contribution < -0.4 is 10.0 Å². The van der Waals surface area contributed by atoms with Crippen molar-refractivity contribution in [2.75, 3.05) is 10.0 Å². The van der Waals surface area contributed by atoms with Crippen molar-refractivity contribution in [3.63, 3.8) is 0 Å². The average molecular weight is 419 g/mol. The highest BCUT2D eigenvalue weighted by Crippen LogP contribution is 2.30. The van der Waals surface area contributed by atoms with Gasteiger partial charge in [0, 0.05) is 6.07 Å². The van der Waals surface area contributed by atoms with Crippen molar-refractivity contribution >= 4 is 62.2 Å². The van der Waals surface area contributed by atoms with Crippen molar-refractivity contribution in [2.45, 2.75) is 4.90 Å². The number of halogens is 3. The van der Waals surface area contributed by atoms with Gasteiger partial charge < -0.3 is 9.87 Å². The standard InChI is InChI=1S/C15H9ClF2N2O2S3/c16-12-3-4-13(24-12)19-15(21)14-11(5-6-23-14)20-25(22)8-1-2-9(17)10(18)7-8/h1-7,20H,(H,19,21). The first-order valence-electron chi connectivity index (χ1n) is 6.71. The topological polar surface area (TPSA) is 64.2 Å². The van der Waals surface area contributed by atoms with Gasteiger partial charge in [-0.05, 0) is 35.7 Å². The first kappa shape index (κ1) is 18.2. The fourth-order valence-electron chi connectivity index (χ4n) is 1.87. The first-order valence-corrected chi connectivity index (χ1v) is 9.94. The van der Waals surface area contributed by atoms with Crippen LogP contribution in [0.25, 0.3) is 0 Å². The summed E-state index contributed by atoms with van der Waals surface area (Å²) in [6.45, 7) is 0. The zero-order valence-corrected chi connectivity index (χ0v) is 15.4. The quantitative estimate of drug-likeness (QED) is 0.564. The van der Waals surface area contributed by atoms with Gasteiger partial charge in [-0.15, -0.1) is 22.7 Å². The SMILES string of the molecule is O=C(Nc1ccc(Cl)s1)c1sccc1N[S+]([O-])c1ccc(F)c(F)c1. The summed E-state index contributed by atoms with van der Waals surface area (Å²) >= 11 is 6.34. The second-order valence-electron chi connectivity index (χ2n) is 4.67. The lowest BCUT2D eigenvalue weighted by Gasteiger charge is -2.12. The largest absolute Gasteiger partial charge is 0.588 e. The third kappa shape index (κ3) is 4.31. The van der Waals surface area contributed by atoms with Crippen molar-refractivity contribution in [1.29, 1.82) is 0 Å². The molecule has 1 unspecified atom stereocenters. The first-order chi connectivity index (χ1) is 11.9. The predicted octanol–water partition coefficient (Wildman–Crippen LogP) is 5.13. The van der Waals surface area contributed by atoms with E-state index in [4.69, 9.17) is 11.6 Å². The summed E-state index contributed by atoms with van der Waals surface area (Å²) < 4.78 is 41.7. The Labute approximate surface area is 157 Å². The van der Waals surface area contributed by atoms with Gasteiger partial charge in [0.2, 0.25) is 0 Å². The summed E-state index contributed by atoms with van der Waals surface area (Å²) in [4.78, 5) is 12.7. The van der Waals surface area contributed by atoms with Crippen LogP contribution in [0.5, 0.6) is 0 Å². The molecule has 4 nitrogen and oxygen atoms in total. The van der Waals surface area contributed by atoms with E-state index in [2.05, 4.69) is 10.0 Å². The number of carbonyl (C=O) groups excluding carboxylic acids is 1. The highest BCUT2D eigenvalue weighted by molar-refractivity contribution is 7.92. The van der Waals surface area contributed by atoms with Gasteiger partial charge in [-0.1, -0.05) is 11.6 Å². The van der Waals surface area contributed by atoms with E-state index in [1.165, 1.54) is 17.4 Å². The van der Waals surface area contributed by atoms with Gasteiger partial charge in [0.25, 0.3) is 5.91 Å². The van der Waals surface area contributed by atoms with E-state index in [0.717, 1.165) is 23.5 Å². The van der Waals surface area contributed by atoms with Crippen LogP contribution in [0.15, 0.2) is 46.7 Å². The Morgan fingerprint density at radius 3 is 2.64 bits per heavy atom. The molecule has 25 heavy (non-hydrogen) atoms. The lowest BCUT2D eigenvalue weighted by Crippen LogP contribution is -2.17. The minimum Gasteiger partial charge on any atom is -0.588 e. The lowest BCUT2D eigenvalue weighted by molar-refractivity contribution is 0.103. The monoisotopic (exact) mass is 418 g/mol. The maximum Gasteiger partial charge on any atom is 0.268 e. The second kappa shape index (κ2) is 7.71. The molecule has 1 aromatic carbocycles. The predicted molar refractivity (Wildman–Crippen MR) is 98.0 cm³/mol. The van der Waals surface area contributed by atoms with E-state index < -0.39 is 28.9 Å². The van der Waals surface area contributed by atoms with Gasteiger partial charge in [-0.25, -0.2) is 13.5 Å². The number of benzene rings is 1. The van der Waals surface area contributed by atoms with Crippen molar-refractivity contribution in [1.82, 2.24) is 0 Å². The fourth-order valence-corrected chi connectivity index (χ4v) is 4.50. The zero-order chi connectivity index (χ0) is 18.0. The Morgan fingerprint density at radius 2 is 1.96 bits per heavy atom. The number of amides is 1. The van der Waals surface area contributed by atoms with Crippen LogP contribution in [0.2, 0.25) is 4.34 Å². The summed E-state index contributed by atoms with van der Waals surface area (Å²) in [7, 11) is 0. The van der Waals surface area contributed by atoms with Crippen LogP contribution in [-0.4, -0.2) is 10.5 Å². The summed E-state index contributed by atoms with van der Waals surface area (Å²) in [5.41, 5.74) is 0.327. The van der Waals surface area contributed by atoms with Crippen LogP contribution in [-0.2, 0) is 11.4 Å². The van der Waals surface area contributed by atoms with Crippen LogP contribution in [0.4, 0.5) is 19.5 Å². The van der Waals surface area contributed by atoms with Crippen LogP contribution in [0.3, 0.4) is 0 Å². The molecule has 0 aliphatic heterocycles. The molecule has 3 rings (SSSR count).